The number of hydrogen-bond donors (Lipinski definition) is 3. The third kappa shape index (κ3) is 3.21. The Kier molecular flexibility index (Phi) is 4.01. The first-order chi connectivity index (χ1) is 9.04. The molecule has 0 spiro atoms. The number of aliphatic hydroxyl groups is 1. The maximum Gasteiger partial charge on any atom is 0.319 e. The number of urea groups is 1. The van der Waals surface area contributed by atoms with E-state index in [1.54, 1.807) is 0 Å². The first-order valence-electron chi connectivity index (χ1n) is 6.27. The van der Waals surface area contributed by atoms with Crippen LogP contribution < -0.4 is 10.6 Å². The quantitative estimate of drug-likeness (QED) is 0.760. The zero-order chi connectivity index (χ0) is 13.9. The smallest absolute Gasteiger partial charge is 0.319 e. The molecule has 0 aromatic carbocycles. The van der Waals surface area contributed by atoms with Gasteiger partial charge in [-0.25, -0.2) is 4.79 Å². The Morgan fingerprint density at radius 1 is 1.53 bits per heavy atom. The molecule has 3 N–H and O–H groups in total. The molecule has 1 aromatic heterocycles. The predicted molar refractivity (Wildman–Crippen MR) is 71.1 cm³/mol. The van der Waals surface area contributed by atoms with Crippen molar-refractivity contribution in [1.82, 2.24) is 10.3 Å². The molecule has 1 fully saturated rings. The van der Waals surface area contributed by atoms with Crippen molar-refractivity contribution in [3.63, 3.8) is 0 Å². The first-order valence-corrected chi connectivity index (χ1v) is 6.27. The van der Waals surface area contributed by atoms with Crippen LogP contribution in [-0.2, 0) is 4.74 Å². The number of carbonyl (C=O) groups excluding carboxylic acids is 1. The van der Waals surface area contributed by atoms with Crippen molar-refractivity contribution in [2.45, 2.75) is 25.8 Å². The van der Waals surface area contributed by atoms with Gasteiger partial charge in [0.05, 0.1) is 30.1 Å². The second-order valence-electron chi connectivity index (χ2n) is 4.91. The highest BCUT2D eigenvalue weighted by Crippen LogP contribution is 2.18. The lowest BCUT2D eigenvalue weighted by Gasteiger charge is -2.26. The summed E-state index contributed by atoms with van der Waals surface area (Å²) in [5, 5.41) is 14.9. The van der Waals surface area contributed by atoms with Crippen molar-refractivity contribution in [1.29, 1.82) is 0 Å². The molecule has 1 atom stereocenters. The fraction of sp³-hybridized carbons (Fsp3) is 0.538. The molecular formula is C13H19N3O3. The molecule has 1 aliphatic heterocycles. The number of amides is 2. The monoisotopic (exact) mass is 265 g/mol. The van der Waals surface area contributed by atoms with E-state index in [4.69, 9.17) is 4.74 Å². The number of pyridine rings is 1. The van der Waals surface area contributed by atoms with Crippen molar-refractivity contribution in [3.05, 3.63) is 23.5 Å². The number of nitrogens with zero attached hydrogens (tertiary/aromatic N) is 1. The van der Waals surface area contributed by atoms with Gasteiger partial charge in [0.1, 0.15) is 0 Å². The van der Waals surface area contributed by atoms with Gasteiger partial charge in [-0.05, 0) is 32.4 Å². The Bertz CT molecular complexity index is 470. The van der Waals surface area contributed by atoms with Crippen LogP contribution in [0.15, 0.2) is 12.1 Å². The molecule has 19 heavy (non-hydrogen) atoms. The number of aromatic nitrogens is 1. The lowest BCUT2D eigenvalue weighted by Crippen LogP contribution is -2.53. The van der Waals surface area contributed by atoms with Gasteiger partial charge in [0.15, 0.2) is 0 Å². The molecule has 1 aromatic rings. The number of nitrogens with one attached hydrogen (secondary N) is 2. The topological polar surface area (TPSA) is 83.5 Å². The third-order valence-corrected chi connectivity index (χ3v) is 3.26. The maximum absolute atomic E-state index is 12.0. The Balaban J connectivity index is 2.01. The van der Waals surface area contributed by atoms with Crippen LogP contribution >= 0.6 is 0 Å². The average molecular weight is 265 g/mol. The maximum atomic E-state index is 12.0. The Hall–Kier alpha value is -1.66. The van der Waals surface area contributed by atoms with E-state index < -0.39 is 5.54 Å². The lowest BCUT2D eigenvalue weighted by atomic mass is 10.0. The fourth-order valence-electron chi connectivity index (χ4n) is 2.08. The summed E-state index contributed by atoms with van der Waals surface area (Å²) in [6.07, 6.45) is 0.613. The number of anilines is 1. The van der Waals surface area contributed by atoms with Crippen LogP contribution in [0.25, 0.3) is 0 Å². The highest BCUT2D eigenvalue weighted by atomic mass is 16.5. The van der Waals surface area contributed by atoms with Gasteiger partial charge in [-0.1, -0.05) is 0 Å². The van der Waals surface area contributed by atoms with Crippen molar-refractivity contribution >= 4 is 11.7 Å². The molecule has 1 aliphatic rings. The van der Waals surface area contributed by atoms with Gasteiger partial charge in [0.25, 0.3) is 0 Å². The van der Waals surface area contributed by atoms with E-state index in [-0.39, 0.29) is 12.6 Å². The largest absolute Gasteiger partial charge is 0.394 e. The molecule has 0 aliphatic carbocycles. The van der Waals surface area contributed by atoms with Gasteiger partial charge < -0.3 is 20.5 Å². The van der Waals surface area contributed by atoms with E-state index in [0.717, 1.165) is 11.4 Å². The summed E-state index contributed by atoms with van der Waals surface area (Å²) in [7, 11) is 0. The Morgan fingerprint density at radius 3 is 2.89 bits per heavy atom. The predicted octanol–water partition coefficient (Wildman–Crippen LogP) is 0.971. The van der Waals surface area contributed by atoms with Gasteiger partial charge in [-0.3, -0.25) is 4.98 Å². The van der Waals surface area contributed by atoms with Crippen molar-refractivity contribution in [3.8, 4) is 0 Å². The fourth-order valence-corrected chi connectivity index (χ4v) is 2.08. The molecule has 1 unspecified atom stereocenters. The Labute approximate surface area is 112 Å². The molecular weight excluding hydrogens is 246 g/mol. The molecule has 1 saturated heterocycles. The van der Waals surface area contributed by atoms with Crippen LogP contribution in [0.2, 0.25) is 0 Å². The van der Waals surface area contributed by atoms with E-state index in [2.05, 4.69) is 15.6 Å². The molecule has 6 heteroatoms. The second kappa shape index (κ2) is 5.54. The van der Waals surface area contributed by atoms with Crippen LogP contribution in [-0.4, -0.2) is 41.5 Å². The molecule has 2 amide bonds. The standard InChI is InChI=1S/C13H19N3O3/c1-9-3-4-11(10(2)14-9)15-12(18)16-13(7-17)5-6-19-8-13/h3-4,17H,5-8H2,1-2H3,(H2,15,16,18). The van der Waals surface area contributed by atoms with Gasteiger partial charge in [-0.15, -0.1) is 0 Å². The van der Waals surface area contributed by atoms with Crippen LogP contribution in [0.5, 0.6) is 0 Å². The van der Waals surface area contributed by atoms with Crippen molar-refractivity contribution in [2.24, 2.45) is 0 Å². The molecule has 6 nitrogen and oxygen atoms in total. The van der Waals surface area contributed by atoms with E-state index in [1.165, 1.54) is 0 Å². The zero-order valence-corrected chi connectivity index (χ0v) is 11.2. The van der Waals surface area contributed by atoms with E-state index in [9.17, 15) is 9.90 Å². The van der Waals surface area contributed by atoms with E-state index >= 15 is 0 Å². The minimum atomic E-state index is -0.671. The minimum absolute atomic E-state index is 0.133. The average Bonchev–Trinajstić information content (AvgIpc) is 2.82. The molecule has 0 saturated carbocycles. The van der Waals surface area contributed by atoms with E-state index in [0.29, 0.717) is 25.3 Å². The molecule has 0 radical (unpaired) electrons. The Morgan fingerprint density at radius 2 is 2.32 bits per heavy atom. The van der Waals surface area contributed by atoms with Gasteiger partial charge in [0, 0.05) is 12.3 Å². The van der Waals surface area contributed by atoms with Crippen molar-refractivity contribution in [2.75, 3.05) is 25.1 Å². The molecule has 0 bridgehead atoms. The summed E-state index contributed by atoms with van der Waals surface area (Å²) in [5.74, 6) is 0. The minimum Gasteiger partial charge on any atom is -0.394 e. The van der Waals surface area contributed by atoms with Crippen LogP contribution in [0.3, 0.4) is 0 Å². The highest BCUT2D eigenvalue weighted by Gasteiger charge is 2.35. The summed E-state index contributed by atoms with van der Waals surface area (Å²) < 4.78 is 5.23. The number of aliphatic hydroxyl groups excluding tert-OH is 1. The number of hydrogen-bond acceptors (Lipinski definition) is 4. The number of rotatable bonds is 3. The molecule has 104 valence electrons. The van der Waals surface area contributed by atoms with Gasteiger partial charge >= 0.3 is 6.03 Å². The van der Waals surface area contributed by atoms with E-state index in [1.807, 2.05) is 26.0 Å². The summed E-state index contributed by atoms with van der Waals surface area (Å²) in [4.78, 5) is 16.2. The number of ether oxygens (including phenoxy) is 1. The van der Waals surface area contributed by atoms with Crippen molar-refractivity contribution < 1.29 is 14.6 Å². The summed E-state index contributed by atoms with van der Waals surface area (Å²) >= 11 is 0. The molecule has 2 heterocycles. The van der Waals surface area contributed by atoms with Crippen LogP contribution in [0.4, 0.5) is 10.5 Å². The normalized spacial score (nSPS) is 22.3. The summed E-state index contributed by atoms with van der Waals surface area (Å²) in [6.45, 7) is 4.48. The summed E-state index contributed by atoms with van der Waals surface area (Å²) in [6, 6.07) is 3.30. The first kappa shape index (κ1) is 13.8. The van der Waals surface area contributed by atoms with Gasteiger partial charge in [-0.2, -0.15) is 0 Å². The number of carbonyl (C=O) groups is 1. The summed E-state index contributed by atoms with van der Waals surface area (Å²) in [5.41, 5.74) is 1.65. The third-order valence-electron chi connectivity index (χ3n) is 3.26. The second-order valence-corrected chi connectivity index (χ2v) is 4.91. The number of aryl methyl sites for hydroxylation is 2. The highest BCUT2D eigenvalue weighted by molar-refractivity contribution is 5.90. The zero-order valence-electron chi connectivity index (χ0n) is 11.2. The SMILES string of the molecule is Cc1ccc(NC(=O)NC2(CO)CCOC2)c(C)n1. The van der Waals surface area contributed by atoms with Crippen LogP contribution in [0.1, 0.15) is 17.8 Å². The molecule has 2 rings (SSSR count). The lowest BCUT2D eigenvalue weighted by molar-refractivity contribution is 0.126. The van der Waals surface area contributed by atoms with Gasteiger partial charge in [0.2, 0.25) is 0 Å². The van der Waals surface area contributed by atoms with Crippen LogP contribution in [0, 0.1) is 13.8 Å².